The number of carbonyl (C=O) groups is 2. The molecule has 1 fully saturated rings. The molecule has 0 bridgehead atoms. The summed E-state index contributed by atoms with van der Waals surface area (Å²) in [5.41, 5.74) is 4.50. The second-order valence-electron chi connectivity index (χ2n) is 5.43. The van der Waals surface area contributed by atoms with Gasteiger partial charge in [-0.05, 0) is 46.5 Å². The maximum atomic E-state index is 11.7. The van der Waals surface area contributed by atoms with Crippen LogP contribution in [0.4, 0.5) is 0 Å². The largest absolute Gasteiger partial charge is 0.483 e. The van der Waals surface area contributed by atoms with Crippen molar-refractivity contribution in [1.29, 1.82) is 0 Å². The molecule has 1 atom stereocenters. The standard InChI is InChI=1S/C14H16Br2N2O5S/c15-10-1-2-12(11(16)6-10)23-7-14(20)18-17-13(19)5-9-3-4-24(21,22)8-9/h1-2,6,9H,3-5,7-8H2,(H,17,19)(H,18,20)/t9-/m0/s1. The van der Waals surface area contributed by atoms with E-state index in [9.17, 15) is 18.0 Å². The van der Waals surface area contributed by atoms with Gasteiger partial charge >= 0.3 is 0 Å². The van der Waals surface area contributed by atoms with E-state index in [-0.39, 0.29) is 30.5 Å². The average molecular weight is 484 g/mol. The van der Waals surface area contributed by atoms with Gasteiger partial charge < -0.3 is 4.74 Å². The summed E-state index contributed by atoms with van der Waals surface area (Å²) in [5.74, 6) is -0.493. The van der Waals surface area contributed by atoms with Crippen molar-refractivity contribution in [2.75, 3.05) is 18.1 Å². The van der Waals surface area contributed by atoms with E-state index in [0.717, 1.165) is 4.47 Å². The quantitative estimate of drug-likeness (QED) is 0.619. The first-order valence-electron chi connectivity index (χ1n) is 7.11. The molecule has 10 heteroatoms. The fourth-order valence-electron chi connectivity index (χ4n) is 2.26. The summed E-state index contributed by atoms with van der Waals surface area (Å²) in [7, 11) is -3.01. The van der Waals surface area contributed by atoms with Crippen LogP contribution in [-0.2, 0) is 19.4 Å². The second kappa shape index (κ2) is 8.30. The number of ether oxygens (including phenoxy) is 1. The monoisotopic (exact) mass is 482 g/mol. The number of nitrogens with one attached hydrogen (secondary N) is 2. The smallest absolute Gasteiger partial charge is 0.276 e. The van der Waals surface area contributed by atoms with Crippen LogP contribution in [0.2, 0.25) is 0 Å². The highest BCUT2D eigenvalue weighted by Crippen LogP contribution is 2.28. The maximum Gasteiger partial charge on any atom is 0.276 e. The molecule has 0 unspecified atom stereocenters. The van der Waals surface area contributed by atoms with Gasteiger partial charge in [0, 0.05) is 10.9 Å². The molecule has 0 aliphatic carbocycles. The Kier molecular flexibility index (Phi) is 6.64. The first-order chi connectivity index (χ1) is 11.2. The molecule has 2 N–H and O–H groups in total. The summed E-state index contributed by atoms with van der Waals surface area (Å²) in [5, 5.41) is 0. The predicted octanol–water partition coefficient (Wildman–Crippen LogP) is 1.56. The van der Waals surface area contributed by atoms with Crippen molar-refractivity contribution in [3.8, 4) is 5.75 Å². The van der Waals surface area contributed by atoms with Crippen LogP contribution in [-0.4, -0.2) is 38.3 Å². The van der Waals surface area contributed by atoms with Gasteiger partial charge in [0.2, 0.25) is 5.91 Å². The van der Waals surface area contributed by atoms with Gasteiger partial charge in [0.25, 0.3) is 5.91 Å². The zero-order valence-corrected chi connectivity index (χ0v) is 16.5. The van der Waals surface area contributed by atoms with E-state index < -0.39 is 21.7 Å². The molecule has 2 amide bonds. The molecule has 0 aromatic heterocycles. The Balaban J connectivity index is 1.70. The number of halogens is 2. The minimum Gasteiger partial charge on any atom is -0.483 e. The average Bonchev–Trinajstić information content (AvgIpc) is 2.83. The Labute approximate surface area is 156 Å². The topological polar surface area (TPSA) is 102 Å². The number of hydrogen-bond acceptors (Lipinski definition) is 5. The molecular formula is C14H16Br2N2O5S. The lowest BCUT2D eigenvalue weighted by Crippen LogP contribution is -2.44. The van der Waals surface area contributed by atoms with Crippen LogP contribution in [0.15, 0.2) is 27.1 Å². The summed E-state index contributed by atoms with van der Waals surface area (Å²) >= 11 is 6.62. The molecule has 7 nitrogen and oxygen atoms in total. The van der Waals surface area contributed by atoms with Gasteiger partial charge in [0.05, 0.1) is 16.0 Å². The molecule has 2 rings (SSSR count). The minimum absolute atomic E-state index is 0.0229. The molecule has 132 valence electrons. The highest BCUT2D eigenvalue weighted by atomic mass is 79.9. The molecule has 1 heterocycles. The fraction of sp³-hybridized carbons (Fsp3) is 0.429. The third kappa shape index (κ3) is 6.06. The SMILES string of the molecule is O=C(COc1ccc(Br)cc1Br)NNC(=O)C[C@@H]1CCS(=O)(=O)C1. The lowest BCUT2D eigenvalue weighted by Gasteiger charge is -2.11. The molecule has 24 heavy (non-hydrogen) atoms. The number of hydrogen-bond donors (Lipinski definition) is 2. The third-order valence-electron chi connectivity index (χ3n) is 3.39. The van der Waals surface area contributed by atoms with Crippen molar-refractivity contribution >= 4 is 53.5 Å². The number of hydrazine groups is 1. The van der Waals surface area contributed by atoms with Crippen LogP contribution >= 0.6 is 31.9 Å². The van der Waals surface area contributed by atoms with Gasteiger partial charge in [-0.1, -0.05) is 15.9 Å². The van der Waals surface area contributed by atoms with Crippen molar-refractivity contribution in [1.82, 2.24) is 10.9 Å². The normalized spacial score (nSPS) is 18.8. The van der Waals surface area contributed by atoms with Crippen molar-refractivity contribution in [3.05, 3.63) is 27.1 Å². The molecule has 1 aliphatic heterocycles. The number of carbonyl (C=O) groups excluding carboxylic acids is 2. The van der Waals surface area contributed by atoms with Crippen molar-refractivity contribution in [2.45, 2.75) is 12.8 Å². The van der Waals surface area contributed by atoms with Crippen LogP contribution in [0.3, 0.4) is 0 Å². The van der Waals surface area contributed by atoms with Crippen LogP contribution in [0.25, 0.3) is 0 Å². The summed E-state index contributed by atoms with van der Waals surface area (Å²) < 4.78 is 29.6. The zero-order chi connectivity index (χ0) is 17.7. The van der Waals surface area contributed by atoms with E-state index in [1.54, 1.807) is 18.2 Å². The van der Waals surface area contributed by atoms with E-state index in [1.165, 1.54) is 0 Å². The molecule has 0 saturated carbocycles. The lowest BCUT2D eigenvalue weighted by molar-refractivity contribution is -0.130. The summed E-state index contributed by atoms with van der Waals surface area (Å²) in [6, 6.07) is 5.25. The summed E-state index contributed by atoms with van der Waals surface area (Å²) in [4.78, 5) is 23.4. The minimum atomic E-state index is -3.01. The van der Waals surface area contributed by atoms with E-state index in [4.69, 9.17) is 4.74 Å². The number of sulfone groups is 1. The molecule has 1 saturated heterocycles. The van der Waals surface area contributed by atoms with Gasteiger partial charge in [-0.25, -0.2) is 8.42 Å². The molecular weight excluding hydrogens is 468 g/mol. The van der Waals surface area contributed by atoms with Gasteiger partial charge in [0.15, 0.2) is 16.4 Å². The fourth-order valence-corrected chi connectivity index (χ4v) is 5.28. The van der Waals surface area contributed by atoms with E-state index in [0.29, 0.717) is 16.6 Å². The summed E-state index contributed by atoms with van der Waals surface area (Å²) in [6.45, 7) is -0.266. The lowest BCUT2D eigenvalue weighted by atomic mass is 10.1. The van der Waals surface area contributed by atoms with Crippen LogP contribution in [0.1, 0.15) is 12.8 Å². The number of amides is 2. The van der Waals surface area contributed by atoms with Crippen LogP contribution in [0.5, 0.6) is 5.75 Å². The summed E-state index contributed by atoms with van der Waals surface area (Å²) in [6.07, 6.45) is 0.545. The van der Waals surface area contributed by atoms with E-state index in [1.807, 2.05) is 0 Å². The van der Waals surface area contributed by atoms with Crippen molar-refractivity contribution in [2.24, 2.45) is 5.92 Å². The van der Waals surface area contributed by atoms with Gasteiger partial charge in [-0.2, -0.15) is 0 Å². The number of benzene rings is 1. The zero-order valence-electron chi connectivity index (χ0n) is 12.6. The van der Waals surface area contributed by atoms with Crippen LogP contribution < -0.4 is 15.6 Å². The van der Waals surface area contributed by atoms with Gasteiger partial charge in [0.1, 0.15) is 5.75 Å². The molecule has 1 aromatic carbocycles. The first kappa shape index (κ1) is 19.2. The van der Waals surface area contributed by atoms with Crippen molar-refractivity contribution < 1.29 is 22.7 Å². The number of rotatable bonds is 5. The van der Waals surface area contributed by atoms with Crippen LogP contribution in [0, 0.1) is 5.92 Å². The Morgan fingerprint density at radius 1 is 1.21 bits per heavy atom. The second-order valence-corrected chi connectivity index (χ2v) is 9.43. The molecule has 1 aromatic rings. The molecule has 0 spiro atoms. The molecule has 1 aliphatic rings. The Morgan fingerprint density at radius 3 is 2.54 bits per heavy atom. The Bertz CT molecular complexity index is 739. The van der Waals surface area contributed by atoms with Crippen molar-refractivity contribution in [3.63, 3.8) is 0 Å². The third-order valence-corrected chi connectivity index (χ3v) is 6.34. The molecule has 0 radical (unpaired) electrons. The first-order valence-corrected chi connectivity index (χ1v) is 10.5. The highest BCUT2D eigenvalue weighted by Gasteiger charge is 2.29. The van der Waals surface area contributed by atoms with Gasteiger partial charge in [-0.15, -0.1) is 0 Å². The van der Waals surface area contributed by atoms with E-state index in [2.05, 4.69) is 42.7 Å². The highest BCUT2D eigenvalue weighted by molar-refractivity contribution is 9.11. The Morgan fingerprint density at radius 2 is 1.92 bits per heavy atom. The Hall–Kier alpha value is -1.13. The van der Waals surface area contributed by atoms with Gasteiger partial charge in [-0.3, -0.25) is 20.4 Å². The van der Waals surface area contributed by atoms with E-state index >= 15 is 0 Å². The predicted molar refractivity (Wildman–Crippen MR) is 95.0 cm³/mol. The maximum absolute atomic E-state index is 11.7.